The first-order valence-electron chi connectivity index (χ1n) is 22.9. The first-order valence-corrected chi connectivity index (χ1v) is 22.9. The summed E-state index contributed by atoms with van der Waals surface area (Å²) in [5.74, 6) is 5.70. The Morgan fingerprint density at radius 3 is 1.48 bits per heavy atom. The van der Waals surface area contributed by atoms with Crippen molar-refractivity contribution in [1.29, 1.82) is 0 Å². The Morgan fingerprint density at radius 2 is 1.03 bits per heavy atom. The van der Waals surface area contributed by atoms with Crippen molar-refractivity contribution in [3.63, 3.8) is 0 Å². The SMILES string of the molecule is C[C@]12CC[C@@H]3c4ccc(OCc5cn(Cc6ccc(Cn7cc(COc8ccc9c(c8)CC[C@@H]8[C@@H]9CC[C@]9(C)[C@@H](O)CC[C@@H]89)nn7)cc6)nn5)cc4CC[C@H]3[C@@H]1CC[C@@H]2O. The van der Waals surface area contributed by atoms with Crippen molar-refractivity contribution >= 4 is 0 Å². The van der Waals surface area contributed by atoms with E-state index in [9.17, 15) is 10.2 Å². The Labute approximate surface area is 353 Å². The number of nitrogens with zero attached hydrogens (tertiary/aromatic N) is 6. The summed E-state index contributed by atoms with van der Waals surface area (Å²) in [5, 5.41) is 39.1. The van der Waals surface area contributed by atoms with E-state index in [0.29, 0.717) is 61.8 Å². The monoisotopic (exact) mass is 808 g/mol. The Bertz CT molecular complexity index is 2190. The fourth-order valence-electron chi connectivity index (χ4n) is 13.6. The van der Waals surface area contributed by atoms with Crippen LogP contribution >= 0.6 is 0 Å². The standard InChI is InChI=1S/C50H60N6O4/c1-49-21-19-41-39-13-9-37(23-33(39)7-11-43(41)45(49)15-17-47(49)57)59-29-35-27-55(53-51-35)25-31-3-5-32(6-4-31)26-56-28-36(52-54-56)30-60-38-10-14-40-34(24-38)8-12-44-42(40)20-22-50(2)46(44)16-18-48(50)58/h3-6,9-10,13-14,23-24,27-28,41-48,57-58H,7-8,11-12,15-22,25-26,29-30H2,1-2H3/t41-,42-,43-,44-,45+,46+,47+,48+,49+,50+/m1/s1. The molecular formula is C50H60N6O4. The summed E-state index contributed by atoms with van der Waals surface area (Å²) >= 11 is 0. The second-order valence-corrected chi connectivity index (χ2v) is 20.0. The number of aromatic nitrogens is 6. The molecule has 0 radical (unpaired) electrons. The van der Waals surface area contributed by atoms with Crippen LogP contribution in [0.1, 0.15) is 135 Å². The van der Waals surface area contributed by atoms with Gasteiger partial charge >= 0.3 is 0 Å². The molecule has 0 bridgehead atoms. The van der Waals surface area contributed by atoms with Crippen LogP contribution in [0.5, 0.6) is 11.5 Å². The molecule has 3 aromatic carbocycles. The van der Waals surface area contributed by atoms with Gasteiger partial charge < -0.3 is 19.7 Å². The highest BCUT2D eigenvalue weighted by atomic mass is 16.5. The van der Waals surface area contributed by atoms with Gasteiger partial charge in [-0.05, 0) is 181 Å². The summed E-state index contributed by atoms with van der Waals surface area (Å²) in [6.07, 6.45) is 17.2. The van der Waals surface area contributed by atoms with Crippen molar-refractivity contribution in [2.75, 3.05) is 0 Å². The van der Waals surface area contributed by atoms with Gasteiger partial charge in [-0.3, -0.25) is 0 Å². The second-order valence-electron chi connectivity index (χ2n) is 20.0. The zero-order valence-electron chi connectivity index (χ0n) is 35.3. The van der Waals surface area contributed by atoms with Crippen molar-refractivity contribution in [2.24, 2.45) is 34.5 Å². The molecule has 0 saturated heterocycles. The maximum Gasteiger partial charge on any atom is 0.134 e. The number of rotatable bonds is 10. The summed E-state index contributed by atoms with van der Waals surface area (Å²) < 4.78 is 16.2. The van der Waals surface area contributed by atoms with E-state index in [1.807, 2.05) is 21.8 Å². The summed E-state index contributed by atoms with van der Waals surface area (Å²) in [5.41, 5.74) is 10.0. The smallest absolute Gasteiger partial charge is 0.134 e. The first-order chi connectivity index (χ1) is 29.2. The van der Waals surface area contributed by atoms with Crippen LogP contribution in [0.15, 0.2) is 73.1 Å². The Hall–Kier alpha value is -4.54. The lowest BCUT2D eigenvalue weighted by molar-refractivity contribution is -0.0226. The molecule has 11 rings (SSSR count). The molecule has 60 heavy (non-hydrogen) atoms. The molecule has 10 atom stereocenters. The lowest BCUT2D eigenvalue weighted by Gasteiger charge is -2.50. The van der Waals surface area contributed by atoms with Crippen LogP contribution in [0.4, 0.5) is 0 Å². The highest BCUT2D eigenvalue weighted by Crippen LogP contribution is 2.62. The van der Waals surface area contributed by atoms with Crippen molar-refractivity contribution < 1.29 is 19.7 Å². The zero-order valence-corrected chi connectivity index (χ0v) is 35.3. The quantitative estimate of drug-likeness (QED) is 0.144. The topological polar surface area (TPSA) is 120 Å². The molecule has 2 heterocycles. The zero-order chi connectivity index (χ0) is 40.6. The summed E-state index contributed by atoms with van der Waals surface area (Å²) in [6, 6.07) is 21.9. The molecule has 10 nitrogen and oxygen atoms in total. The molecule has 5 aromatic rings. The van der Waals surface area contributed by atoms with Crippen molar-refractivity contribution in [1.82, 2.24) is 30.0 Å². The molecule has 2 aromatic heterocycles. The van der Waals surface area contributed by atoms with E-state index in [2.05, 4.69) is 95.1 Å². The Kier molecular flexibility index (Phi) is 9.67. The van der Waals surface area contributed by atoms with Crippen LogP contribution < -0.4 is 9.47 Å². The van der Waals surface area contributed by atoms with E-state index in [4.69, 9.17) is 9.47 Å². The van der Waals surface area contributed by atoms with Crippen molar-refractivity contribution in [2.45, 2.75) is 141 Å². The number of fused-ring (bicyclic) bond motifs is 10. The van der Waals surface area contributed by atoms with Gasteiger partial charge in [-0.2, -0.15) is 0 Å². The fraction of sp³-hybridized carbons (Fsp3) is 0.560. The van der Waals surface area contributed by atoms with Gasteiger partial charge in [0.2, 0.25) is 0 Å². The molecule has 4 fully saturated rings. The number of benzene rings is 3. The van der Waals surface area contributed by atoms with Gasteiger partial charge in [0.05, 0.1) is 37.7 Å². The molecular weight excluding hydrogens is 749 g/mol. The molecule has 0 amide bonds. The van der Waals surface area contributed by atoms with E-state index < -0.39 is 0 Å². The minimum Gasteiger partial charge on any atom is -0.487 e. The fourth-order valence-corrected chi connectivity index (χ4v) is 13.6. The normalized spacial score (nSPS) is 32.6. The maximum absolute atomic E-state index is 10.7. The van der Waals surface area contributed by atoms with Crippen LogP contribution in [-0.2, 0) is 39.1 Å². The average Bonchev–Trinajstić information content (AvgIpc) is 4.05. The third kappa shape index (κ3) is 6.77. The van der Waals surface area contributed by atoms with Gasteiger partial charge in [-0.15, -0.1) is 10.2 Å². The molecule has 6 aliphatic carbocycles. The average molecular weight is 809 g/mol. The summed E-state index contributed by atoms with van der Waals surface area (Å²) in [4.78, 5) is 0. The van der Waals surface area contributed by atoms with Gasteiger partial charge in [-0.25, -0.2) is 9.36 Å². The van der Waals surface area contributed by atoms with E-state index >= 15 is 0 Å². The minimum atomic E-state index is -0.128. The summed E-state index contributed by atoms with van der Waals surface area (Å²) in [6.45, 7) is 6.71. The number of aryl methyl sites for hydroxylation is 2. The molecule has 0 unspecified atom stereocenters. The van der Waals surface area contributed by atoms with E-state index in [1.54, 1.807) is 0 Å². The van der Waals surface area contributed by atoms with Gasteiger partial charge in [0.1, 0.15) is 36.1 Å². The lowest BCUT2D eigenvalue weighted by Crippen LogP contribution is -2.43. The molecule has 2 N–H and O–H groups in total. The van der Waals surface area contributed by atoms with Crippen LogP contribution in [0.25, 0.3) is 0 Å². The third-order valence-electron chi connectivity index (χ3n) is 17.0. The molecule has 314 valence electrons. The number of hydrogen-bond donors (Lipinski definition) is 2. The maximum atomic E-state index is 10.7. The predicted molar refractivity (Wildman–Crippen MR) is 227 cm³/mol. The van der Waals surface area contributed by atoms with Gasteiger partial charge in [0, 0.05) is 0 Å². The van der Waals surface area contributed by atoms with Crippen LogP contribution in [-0.4, -0.2) is 52.4 Å². The highest BCUT2D eigenvalue weighted by molar-refractivity contribution is 5.42. The molecule has 0 aliphatic heterocycles. The first kappa shape index (κ1) is 38.4. The van der Waals surface area contributed by atoms with Crippen LogP contribution in [0.2, 0.25) is 0 Å². The Morgan fingerprint density at radius 1 is 0.583 bits per heavy atom. The second kappa shape index (κ2) is 15.1. The van der Waals surface area contributed by atoms with E-state index in [0.717, 1.165) is 72.5 Å². The Balaban J connectivity index is 0.649. The number of ether oxygens (including phenoxy) is 2. The third-order valence-corrected chi connectivity index (χ3v) is 17.0. The number of hydrogen-bond acceptors (Lipinski definition) is 8. The lowest BCUT2D eigenvalue weighted by atomic mass is 9.55. The summed E-state index contributed by atoms with van der Waals surface area (Å²) in [7, 11) is 0. The molecule has 6 aliphatic rings. The highest BCUT2D eigenvalue weighted by Gasteiger charge is 2.55. The van der Waals surface area contributed by atoms with Crippen molar-refractivity contribution in [3.8, 4) is 11.5 Å². The molecule has 10 heteroatoms. The van der Waals surface area contributed by atoms with Crippen LogP contribution in [0, 0.1) is 34.5 Å². The van der Waals surface area contributed by atoms with Gasteiger partial charge in [0.25, 0.3) is 0 Å². The molecule has 4 saturated carbocycles. The van der Waals surface area contributed by atoms with E-state index in [1.165, 1.54) is 60.8 Å². The minimum absolute atomic E-state index is 0.111. The largest absolute Gasteiger partial charge is 0.487 e. The predicted octanol–water partition coefficient (Wildman–Crippen LogP) is 8.56. The van der Waals surface area contributed by atoms with Crippen LogP contribution in [0.3, 0.4) is 0 Å². The number of aliphatic hydroxyl groups is 2. The van der Waals surface area contributed by atoms with Gasteiger partial charge in [-0.1, -0.05) is 60.7 Å². The van der Waals surface area contributed by atoms with Gasteiger partial charge in [0.15, 0.2) is 0 Å². The van der Waals surface area contributed by atoms with Crippen molar-refractivity contribution in [3.05, 3.63) is 118 Å². The number of aliphatic hydroxyl groups excluding tert-OH is 2. The molecule has 0 spiro atoms. The van der Waals surface area contributed by atoms with E-state index in [-0.39, 0.29) is 23.0 Å².